The lowest BCUT2D eigenvalue weighted by molar-refractivity contribution is -0.127. The molecule has 0 bridgehead atoms. The quantitative estimate of drug-likeness (QED) is 0.760. The van der Waals surface area contributed by atoms with Gasteiger partial charge in [0.25, 0.3) is 0 Å². The summed E-state index contributed by atoms with van der Waals surface area (Å²) in [6.45, 7) is 6.34. The smallest absolute Gasteiger partial charge is 0.224 e. The second-order valence-corrected chi connectivity index (χ2v) is 7.20. The SMILES string of the molecule is COCCNC(=O)C1CCCN(C2CCN(Cc3ccco3)CC2)C1. The van der Waals surface area contributed by atoms with Crippen molar-refractivity contribution in [3.63, 3.8) is 0 Å². The molecular weight excluding hydrogens is 318 g/mol. The molecule has 1 unspecified atom stereocenters. The van der Waals surface area contributed by atoms with E-state index in [9.17, 15) is 4.79 Å². The number of ether oxygens (including phenoxy) is 1. The molecule has 2 saturated heterocycles. The molecule has 1 aromatic heterocycles. The Kier molecular flexibility index (Phi) is 6.90. The number of rotatable bonds is 7. The number of methoxy groups -OCH3 is 1. The first-order valence-electron chi connectivity index (χ1n) is 9.51. The number of amides is 1. The second kappa shape index (κ2) is 9.36. The van der Waals surface area contributed by atoms with Gasteiger partial charge in [0.05, 0.1) is 25.3 Å². The van der Waals surface area contributed by atoms with Gasteiger partial charge >= 0.3 is 0 Å². The van der Waals surface area contributed by atoms with E-state index in [2.05, 4.69) is 15.1 Å². The van der Waals surface area contributed by atoms with Gasteiger partial charge in [0, 0.05) is 39.3 Å². The van der Waals surface area contributed by atoms with Crippen molar-refractivity contribution in [2.24, 2.45) is 5.92 Å². The average Bonchev–Trinajstić information content (AvgIpc) is 3.16. The van der Waals surface area contributed by atoms with Crippen molar-refractivity contribution >= 4 is 5.91 Å². The lowest BCUT2D eigenvalue weighted by Crippen LogP contribution is -2.50. The monoisotopic (exact) mass is 349 g/mol. The Bertz CT molecular complexity index is 512. The molecule has 3 heterocycles. The molecular formula is C19H31N3O3. The molecule has 2 aliphatic rings. The maximum absolute atomic E-state index is 12.3. The molecule has 2 fully saturated rings. The van der Waals surface area contributed by atoms with Crippen molar-refractivity contribution in [1.29, 1.82) is 0 Å². The van der Waals surface area contributed by atoms with Gasteiger partial charge in [-0.05, 0) is 44.4 Å². The van der Waals surface area contributed by atoms with Crippen LogP contribution in [0.4, 0.5) is 0 Å². The molecule has 6 heteroatoms. The molecule has 0 saturated carbocycles. The molecule has 0 aliphatic carbocycles. The summed E-state index contributed by atoms with van der Waals surface area (Å²) < 4.78 is 10.5. The van der Waals surface area contributed by atoms with Gasteiger partial charge in [0.15, 0.2) is 0 Å². The fourth-order valence-electron chi connectivity index (χ4n) is 4.04. The molecule has 2 aliphatic heterocycles. The number of nitrogens with one attached hydrogen (secondary N) is 1. The number of likely N-dealkylation sites (tertiary alicyclic amines) is 2. The molecule has 140 valence electrons. The van der Waals surface area contributed by atoms with Gasteiger partial charge in [0.1, 0.15) is 5.76 Å². The molecule has 1 N–H and O–H groups in total. The molecule has 0 aromatic carbocycles. The van der Waals surface area contributed by atoms with Crippen LogP contribution in [0.3, 0.4) is 0 Å². The van der Waals surface area contributed by atoms with Gasteiger partial charge < -0.3 is 14.5 Å². The normalized spacial score (nSPS) is 23.6. The summed E-state index contributed by atoms with van der Waals surface area (Å²) in [5.41, 5.74) is 0. The zero-order valence-corrected chi connectivity index (χ0v) is 15.3. The maximum atomic E-state index is 12.3. The Hall–Kier alpha value is -1.37. The number of carbonyl (C=O) groups is 1. The minimum Gasteiger partial charge on any atom is -0.468 e. The largest absolute Gasteiger partial charge is 0.468 e. The highest BCUT2D eigenvalue weighted by Gasteiger charge is 2.31. The molecule has 3 rings (SSSR count). The summed E-state index contributed by atoms with van der Waals surface area (Å²) in [6.07, 6.45) is 6.23. The third-order valence-electron chi connectivity index (χ3n) is 5.46. The van der Waals surface area contributed by atoms with Crippen molar-refractivity contribution in [1.82, 2.24) is 15.1 Å². The van der Waals surface area contributed by atoms with Gasteiger partial charge in [-0.3, -0.25) is 14.6 Å². The van der Waals surface area contributed by atoms with Gasteiger partial charge in [-0.2, -0.15) is 0 Å². The summed E-state index contributed by atoms with van der Waals surface area (Å²) in [5, 5.41) is 3.00. The summed E-state index contributed by atoms with van der Waals surface area (Å²) in [5.74, 6) is 1.37. The number of hydrogen-bond donors (Lipinski definition) is 1. The number of hydrogen-bond acceptors (Lipinski definition) is 5. The van der Waals surface area contributed by atoms with Crippen molar-refractivity contribution in [2.75, 3.05) is 46.4 Å². The standard InChI is InChI=1S/C19H31N3O3/c1-24-13-8-20-19(23)16-4-2-9-22(14-16)17-6-10-21(11-7-17)15-18-5-3-12-25-18/h3,5,12,16-17H,2,4,6-11,13-15H2,1H3,(H,20,23). The molecule has 0 spiro atoms. The van der Waals surface area contributed by atoms with Crippen LogP contribution >= 0.6 is 0 Å². The lowest BCUT2D eigenvalue weighted by atomic mass is 9.93. The van der Waals surface area contributed by atoms with E-state index in [1.54, 1.807) is 13.4 Å². The lowest BCUT2D eigenvalue weighted by Gasteiger charge is -2.41. The van der Waals surface area contributed by atoms with Gasteiger partial charge in [-0.25, -0.2) is 0 Å². The Morgan fingerprint density at radius 1 is 1.32 bits per heavy atom. The predicted molar refractivity (Wildman–Crippen MR) is 96.2 cm³/mol. The van der Waals surface area contributed by atoms with E-state index >= 15 is 0 Å². The summed E-state index contributed by atoms with van der Waals surface area (Å²) in [4.78, 5) is 17.3. The van der Waals surface area contributed by atoms with Crippen LogP contribution in [-0.4, -0.2) is 68.2 Å². The van der Waals surface area contributed by atoms with Gasteiger partial charge in [-0.1, -0.05) is 0 Å². The average molecular weight is 349 g/mol. The van der Waals surface area contributed by atoms with Crippen LogP contribution in [0.15, 0.2) is 22.8 Å². The van der Waals surface area contributed by atoms with Crippen molar-refractivity contribution in [2.45, 2.75) is 38.3 Å². The summed E-state index contributed by atoms with van der Waals surface area (Å²) in [6, 6.07) is 4.61. The number of carbonyl (C=O) groups excluding carboxylic acids is 1. The van der Waals surface area contributed by atoms with Crippen molar-refractivity contribution in [3.05, 3.63) is 24.2 Å². The van der Waals surface area contributed by atoms with E-state index in [1.807, 2.05) is 12.1 Å². The van der Waals surface area contributed by atoms with Crippen LogP contribution in [0.1, 0.15) is 31.4 Å². The Balaban J connectivity index is 1.42. The second-order valence-electron chi connectivity index (χ2n) is 7.20. The molecule has 1 amide bonds. The number of furan rings is 1. The van der Waals surface area contributed by atoms with Crippen molar-refractivity contribution in [3.8, 4) is 0 Å². The van der Waals surface area contributed by atoms with Crippen LogP contribution in [0, 0.1) is 5.92 Å². The summed E-state index contributed by atoms with van der Waals surface area (Å²) >= 11 is 0. The first-order chi connectivity index (χ1) is 12.3. The third-order valence-corrected chi connectivity index (χ3v) is 5.46. The molecule has 1 atom stereocenters. The predicted octanol–water partition coefficient (Wildman–Crippen LogP) is 1.72. The van der Waals surface area contributed by atoms with Crippen LogP contribution in [-0.2, 0) is 16.1 Å². The van der Waals surface area contributed by atoms with Crippen LogP contribution in [0.5, 0.6) is 0 Å². The molecule has 0 radical (unpaired) electrons. The first kappa shape index (κ1) is 18.4. The highest BCUT2D eigenvalue weighted by atomic mass is 16.5. The molecule has 6 nitrogen and oxygen atoms in total. The topological polar surface area (TPSA) is 58.0 Å². The first-order valence-corrected chi connectivity index (χ1v) is 9.51. The van der Waals surface area contributed by atoms with E-state index in [-0.39, 0.29) is 11.8 Å². The molecule has 25 heavy (non-hydrogen) atoms. The molecule has 1 aromatic rings. The maximum Gasteiger partial charge on any atom is 0.224 e. The Morgan fingerprint density at radius 2 is 2.16 bits per heavy atom. The van der Waals surface area contributed by atoms with Crippen molar-refractivity contribution < 1.29 is 13.9 Å². The summed E-state index contributed by atoms with van der Waals surface area (Å²) in [7, 11) is 1.66. The Morgan fingerprint density at radius 3 is 2.88 bits per heavy atom. The van der Waals surface area contributed by atoms with E-state index in [0.29, 0.717) is 19.2 Å². The van der Waals surface area contributed by atoms with Gasteiger partial charge in [-0.15, -0.1) is 0 Å². The zero-order chi connectivity index (χ0) is 17.5. The van der Waals surface area contributed by atoms with Gasteiger partial charge in [0.2, 0.25) is 5.91 Å². The fourth-order valence-corrected chi connectivity index (χ4v) is 4.04. The van der Waals surface area contributed by atoms with E-state index in [0.717, 1.165) is 51.3 Å². The highest BCUT2D eigenvalue weighted by molar-refractivity contribution is 5.78. The van der Waals surface area contributed by atoms with E-state index in [4.69, 9.17) is 9.15 Å². The third kappa shape index (κ3) is 5.30. The minimum absolute atomic E-state index is 0.131. The minimum atomic E-state index is 0.131. The number of piperidine rings is 2. The fraction of sp³-hybridized carbons (Fsp3) is 0.737. The van der Waals surface area contributed by atoms with E-state index in [1.165, 1.54) is 12.8 Å². The van der Waals surface area contributed by atoms with Crippen LogP contribution in [0.2, 0.25) is 0 Å². The van der Waals surface area contributed by atoms with Crippen LogP contribution < -0.4 is 5.32 Å². The van der Waals surface area contributed by atoms with E-state index < -0.39 is 0 Å². The zero-order valence-electron chi connectivity index (χ0n) is 15.3. The number of nitrogens with zero attached hydrogens (tertiary/aromatic N) is 2. The van der Waals surface area contributed by atoms with Crippen LogP contribution in [0.25, 0.3) is 0 Å². The Labute approximate surface area is 150 Å². The highest BCUT2D eigenvalue weighted by Crippen LogP contribution is 2.24.